The highest BCUT2D eigenvalue weighted by molar-refractivity contribution is 6.31. The molecule has 1 fully saturated rings. The van der Waals surface area contributed by atoms with Gasteiger partial charge in [-0.15, -0.1) is 0 Å². The van der Waals surface area contributed by atoms with E-state index in [0.29, 0.717) is 28.7 Å². The molecule has 0 spiro atoms. The molecule has 0 bridgehead atoms. The Balaban J connectivity index is 2.50. The molecule has 25 heavy (non-hydrogen) atoms. The van der Waals surface area contributed by atoms with Gasteiger partial charge in [0.05, 0.1) is 26.4 Å². The topological polar surface area (TPSA) is 85.9 Å². The molecule has 1 aliphatic heterocycles. The van der Waals surface area contributed by atoms with Gasteiger partial charge in [-0.2, -0.15) is 0 Å². The maximum atomic E-state index is 12.4. The fourth-order valence-electron chi connectivity index (χ4n) is 2.67. The second kappa shape index (κ2) is 8.11. The number of benzene rings is 1. The Hall–Kier alpha value is -2.41. The highest BCUT2D eigenvalue weighted by atomic mass is 35.5. The predicted molar refractivity (Wildman–Crippen MR) is 92.8 cm³/mol. The van der Waals surface area contributed by atoms with E-state index in [2.05, 4.69) is 17.2 Å². The summed E-state index contributed by atoms with van der Waals surface area (Å²) in [6.07, 6.45) is 0. The quantitative estimate of drug-likeness (QED) is 0.754. The third kappa shape index (κ3) is 3.99. The van der Waals surface area contributed by atoms with E-state index in [9.17, 15) is 9.59 Å². The van der Waals surface area contributed by atoms with Crippen LogP contribution in [0.5, 0.6) is 11.5 Å². The smallest absolute Gasteiger partial charge is 0.319 e. The summed E-state index contributed by atoms with van der Waals surface area (Å²) in [6.45, 7) is 7.95. The first-order valence-corrected chi connectivity index (χ1v) is 8.23. The average Bonchev–Trinajstić information content (AvgIpc) is 2.55. The van der Waals surface area contributed by atoms with Crippen LogP contribution < -0.4 is 20.1 Å². The molecule has 1 aliphatic rings. The number of hydrogen-bond donors (Lipinski definition) is 2. The van der Waals surface area contributed by atoms with Gasteiger partial charge in [-0.05, 0) is 25.5 Å². The number of methoxy groups -OCH3 is 1. The molecule has 8 heteroatoms. The Morgan fingerprint density at radius 3 is 2.60 bits per heavy atom. The number of amides is 2. The van der Waals surface area contributed by atoms with E-state index in [0.717, 1.165) is 0 Å². The first-order chi connectivity index (χ1) is 11.9. The normalized spacial score (nSPS) is 19.7. The zero-order valence-electron chi connectivity index (χ0n) is 14.3. The zero-order valence-corrected chi connectivity index (χ0v) is 15.1. The summed E-state index contributed by atoms with van der Waals surface area (Å²) in [6, 6.07) is 2.03. The summed E-state index contributed by atoms with van der Waals surface area (Å²) in [7, 11) is 1.50. The number of nitrogens with one attached hydrogen (secondary N) is 2. The van der Waals surface area contributed by atoms with E-state index >= 15 is 0 Å². The molecule has 7 nitrogen and oxygen atoms in total. The van der Waals surface area contributed by atoms with E-state index < -0.39 is 24.0 Å². The van der Waals surface area contributed by atoms with Crippen LogP contribution in [0.1, 0.15) is 25.5 Å². The van der Waals surface area contributed by atoms with E-state index in [1.165, 1.54) is 7.11 Å². The molecular formula is C17H21ClN2O5. The monoisotopic (exact) mass is 368 g/mol. The van der Waals surface area contributed by atoms with E-state index in [-0.39, 0.29) is 12.3 Å². The highest BCUT2D eigenvalue weighted by Crippen LogP contribution is 2.40. The second-order valence-electron chi connectivity index (χ2n) is 5.29. The molecule has 0 radical (unpaired) electrons. The fourth-order valence-corrected chi connectivity index (χ4v) is 2.94. The van der Waals surface area contributed by atoms with Crippen LogP contribution >= 0.6 is 11.6 Å². The Morgan fingerprint density at radius 1 is 1.28 bits per heavy atom. The minimum Gasteiger partial charge on any atom is -0.493 e. The van der Waals surface area contributed by atoms with E-state index in [1.54, 1.807) is 19.1 Å². The van der Waals surface area contributed by atoms with Gasteiger partial charge in [-0.25, -0.2) is 4.79 Å². The van der Waals surface area contributed by atoms with Crippen molar-refractivity contribution >= 4 is 23.6 Å². The van der Waals surface area contributed by atoms with Crippen LogP contribution in [0, 0.1) is 5.92 Å². The summed E-state index contributed by atoms with van der Waals surface area (Å²) in [5.41, 5.74) is 0.761. The van der Waals surface area contributed by atoms with Gasteiger partial charge in [-0.1, -0.05) is 18.2 Å². The predicted octanol–water partition coefficient (Wildman–Crippen LogP) is 2.79. The molecule has 136 valence electrons. The van der Waals surface area contributed by atoms with Crippen molar-refractivity contribution in [3.63, 3.8) is 0 Å². The number of ether oxygens (including phenoxy) is 3. The molecule has 2 atom stereocenters. The van der Waals surface area contributed by atoms with Gasteiger partial charge in [-0.3, -0.25) is 4.79 Å². The van der Waals surface area contributed by atoms with Crippen molar-refractivity contribution in [2.24, 2.45) is 5.92 Å². The van der Waals surface area contributed by atoms with Crippen LogP contribution in [-0.4, -0.2) is 32.3 Å². The molecule has 2 unspecified atom stereocenters. The maximum absolute atomic E-state index is 12.4. The lowest BCUT2D eigenvalue weighted by Gasteiger charge is -2.33. The molecule has 1 aromatic carbocycles. The third-order valence-electron chi connectivity index (χ3n) is 3.73. The van der Waals surface area contributed by atoms with Crippen molar-refractivity contribution in [1.82, 2.24) is 10.6 Å². The SMILES string of the molecule is C=C1NC(=O)NC(c2cc(OCC)c(OC)cc2Cl)C1C(=O)OCC. The highest BCUT2D eigenvalue weighted by Gasteiger charge is 2.40. The van der Waals surface area contributed by atoms with Crippen molar-refractivity contribution in [3.8, 4) is 11.5 Å². The van der Waals surface area contributed by atoms with Crippen LogP contribution in [0.15, 0.2) is 24.4 Å². The molecule has 0 aromatic heterocycles. The Kier molecular flexibility index (Phi) is 6.14. The molecule has 1 aromatic rings. The Labute approximate surface area is 151 Å². The number of hydrogen-bond acceptors (Lipinski definition) is 5. The molecule has 0 saturated carbocycles. The minimum atomic E-state index is -0.821. The minimum absolute atomic E-state index is 0.212. The third-order valence-corrected chi connectivity index (χ3v) is 4.06. The number of carbonyl (C=O) groups is 2. The zero-order chi connectivity index (χ0) is 18.6. The molecule has 0 aliphatic carbocycles. The fraction of sp³-hybridized carbons (Fsp3) is 0.412. The average molecular weight is 369 g/mol. The van der Waals surface area contributed by atoms with Gasteiger partial charge in [0.25, 0.3) is 0 Å². The van der Waals surface area contributed by atoms with E-state index in [4.69, 9.17) is 25.8 Å². The van der Waals surface area contributed by atoms with Crippen LogP contribution in [0.3, 0.4) is 0 Å². The van der Waals surface area contributed by atoms with Crippen molar-refractivity contribution in [2.45, 2.75) is 19.9 Å². The van der Waals surface area contributed by atoms with Crippen molar-refractivity contribution < 1.29 is 23.8 Å². The first-order valence-electron chi connectivity index (χ1n) is 7.86. The summed E-state index contributed by atoms with van der Waals surface area (Å²) in [4.78, 5) is 24.3. The summed E-state index contributed by atoms with van der Waals surface area (Å²) in [5, 5.41) is 5.54. The number of halogens is 1. The molecular weight excluding hydrogens is 348 g/mol. The molecule has 1 heterocycles. The van der Waals surface area contributed by atoms with Crippen LogP contribution in [0.25, 0.3) is 0 Å². The van der Waals surface area contributed by atoms with Crippen molar-refractivity contribution in [1.29, 1.82) is 0 Å². The summed E-state index contributed by atoms with van der Waals surface area (Å²) >= 11 is 6.37. The summed E-state index contributed by atoms with van der Waals surface area (Å²) < 4.78 is 15.9. The van der Waals surface area contributed by atoms with Crippen LogP contribution in [-0.2, 0) is 9.53 Å². The van der Waals surface area contributed by atoms with Crippen molar-refractivity contribution in [2.75, 3.05) is 20.3 Å². The lowest BCUT2D eigenvalue weighted by molar-refractivity contribution is -0.147. The van der Waals surface area contributed by atoms with Gasteiger partial charge in [0, 0.05) is 16.8 Å². The lowest BCUT2D eigenvalue weighted by Crippen LogP contribution is -2.51. The second-order valence-corrected chi connectivity index (χ2v) is 5.70. The van der Waals surface area contributed by atoms with E-state index in [1.807, 2.05) is 6.92 Å². The molecule has 2 amide bonds. The Morgan fingerprint density at radius 2 is 2.00 bits per heavy atom. The van der Waals surface area contributed by atoms with Crippen molar-refractivity contribution in [3.05, 3.63) is 35.0 Å². The molecule has 2 N–H and O–H groups in total. The van der Waals surface area contributed by atoms with Crippen LogP contribution in [0.2, 0.25) is 5.02 Å². The first kappa shape index (κ1) is 18.9. The number of rotatable bonds is 6. The van der Waals surface area contributed by atoms with Gasteiger partial charge in [0.15, 0.2) is 11.5 Å². The van der Waals surface area contributed by atoms with Gasteiger partial charge in [0.1, 0.15) is 5.92 Å². The Bertz CT molecular complexity index is 692. The lowest BCUT2D eigenvalue weighted by atomic mass is 9.88. The number of urea groups is 1. The maximum Gasteiger partial charge on any atom is 0.319 e. The number of carbonyl (C=O) groups excluding carboxylic acids is 2. The van der Waals surface area contributed by atoms with Crippen LogP contribution in [0.4, 0.5) is 4.79 Å². The summed E-state index contributed by atoms with van der Waals surface area (Å²) in [5.74, 6) is -0.402. The van der Waals surface area contributed by atoms with Gasteiger partial charge >= 0.3 is 12.0 Å². The number of esters is 1. The molecule has 2 rings (SSSR count). The largest absolute Gasteiger partial charge is 0.493 e. The standard InChI is InChI=1S/C17H21ClN2O5/c1-5-24-13-7-10(11(18)8-12(13)23-4)15-14(16(21)25-6-2)9(3)19-17(22)20-15/h7-8,14-15H,3,5-6H2,1-2,4H3,(H2,19,20,22). The van der Waals surface area contributed by atoms with Gasteiger partial charge in [0.2, 0.25) is 0 Å². The molecule has 1 saturated heterocycles. The van der Waals surface area contributed by atoms with Gasteiger partial charge < -0.3 is 24.8 Å².